The van der Waals surface area contributed by atoms with Crippen molar-refractivity contribution in [3.05, 3.63) is 58.1 Å². The molecular weight excluding hydrogens is 430 g/mol. The van der Waals surface area contributed by atoms with Crippen molar-refractivity contribution in [2.24, 2.45) is 0 Å². The van der Waals surface area contributed by atoms with Gasteiger partial charge in [-0.05, 0) is 37.1 Å². The van der Waals surface area contributed by atoms with Gasteiger partial charge >= 0.3 is 5.97 Å². The lowest BCUT2D eigenvalue weighted by Crippen LogP contribution is -2.20. The molecule has 4 rings (SSSR count). The minimum Gasteiger partial charge on any atom is -0.462 e. The van der Waals surface area contributed by atoms with Gasteiger partial charge in [-0.25, -0.2) is 13.2 Å². The number of nitrogens with one attached hydrogen (secondary N) is 1. The molecule has 158 valence electrons. The summed E-state index contributed by atoms with van der Waals surface area (Å²) in [6.07, 6.45) is 3.64. The number of nitrogens with zero attached hydrogens (tertiary/aromatic N) is 2. The summed E-state index contributed by atoms with van der Waals surface area (Å²) in [6, 6.07) is 5.00. The van der Waals surface area contributed by atoms with Crippen LogP contribution in [0.3, 0.4) is 0 Å². The van der Waals surface area contributed by atoms with Crippen LogP contribution in [0.15, 0.2) is 35.0 Å². The molecule has 0 spiro atoms. The van der Waals surface area contributed by atoms with Crippen LogP contribution in [0, 0.1) is 0 Å². The van der Waals surface area contributed by atoms with Crippen LogP contribution in [-0.4, -0.2) is 42.4 Å². The SMILES string of the molecule is CCOC(=O)c1c(NC(=O)c2ccc(Cn3cccn3)o2)sc2c1CCS(=O)(=O)C2. The van der Waals surface area contributed by atoms with E-state index in [9.17, 15) is 18.0 Å². The quantitative estimate of drug-likeness (QED) is 0.574. The van der Waals surface area contributed by atoms with Crippen LogP contribution in [0.5, 0.6) is 0 Å². The van der Waals surface area contributed by atoms with E-state index in [4.69, 9.17) is 9.15 Å². The molecule has 0 bridgehead atoms. The van der Waals surface area contributed by atoms with Crippen molar-refractivity contribution in [2.75, 3.05) is 17.7 Å². The molecule has 0 saturated carbocycles. The summed E-state index contributed by atoms with van der Waals surface area (Å²) < 4.78 is 36.4. The summed E-state index contributed by atoms with van der Waals surface area (Å²) in [6.45, 7) is 2.23. The van der Waals surface area contributed by atoms with Gasteiger partial charge in [0.15, 0.2) is 15.6 Å². The molecule has 0 aliphatic carbocycles. The maximum atomic E-state index is 12.7. The van der Waals surface area contributed by atoms with Gasteiger partial charge in [-0.3, -0.25) is 9.48 Å². The van der Waals surface area contributed by atoms with Crippen molar-refractivity contribution >= 4 is 38.1 Å². The maximum absolute atomic E-state index is 12.7. The molecule has 0 fully saturated rings. The van der Waals surface area contributed by atoms with E-state index in [1.165, 1.54) is 6.07 Å². The fraction of sp³-hybridized carbons (Fsp3) is 0.316. The van der Waals surface area contributed by atoms with Crippen LogP contribution in [-0.2, 0) is 33.3 Å². The van der Waals surface area contributed by atoms with Crippen LogP contribution >= 0.6 is 11.3 Å². The van der Waals surface area contributed by atoms with Crippen LogP contribution in [0.25, 0.3) is 0 Å². The second-order valence-corrected chi connectivity index (χ2v) is 9.98. The van der Waals surface area contributed by atoms with Crippen molar-refractivity contribution in [1.82, 2.24) is 9.78 Å². The largest absolute Gasteiger partial charge is 0.462 e. The van der Waals surface area contributed by atoms with E-state index >= 15 is 0 Å². The molecule has 3 aromatic heterocycles. The molecule has 11 heteroatoms. The Balaban J connectivity index is 1.59. The Morgan fingerprint density at radius 3 is 2.93 bits per heavy atom. The number of fused-ring (bicyclic) bond motifs is 1. The van der Waals surface area contributed by atoms with E-state index < -0.39 is 21.7 Å². The Kier molecular flexibility index (Phi) is 5.48. The van der Waals surface area contributed by atoms with Gasteiger partial charge in [-0.15, -0.1) is 11.3 Å². The lowest BCUT2D eigenvalue weighted by atomic mass is 10.1. The molecule has 3 aromatic rings. The van der Waals surface area contributed by atoms with Crippen molar-refractivity contribution in [3.8, 4) is 0 Å². The fourth-order valence-electron chi connectivity index (χ4n) is 3.23. The topological polar surface area (TPSA) is 120 Å². The number of hydrogen-bond acceptors (Lipinski definition) is 8. The number of esters is 1. The molecule has 30 heavy (non-hydrogen) atoms. The minimum absolute atomic E-state index is 0.0362. The number of hydrogen-bond donors (Lipinski definition) is 1. The summed E-state index contributed by atoms with van der Waals surface area (Å²) in [4.78, 5) is 25.8. The van der Waals surface area contributed by atoms with Crippen molar-refractivity contribution in [1.29, 1.82) is 0 Å². The van der Waals surface area contributed by atoms with E-state index in [1.807, 2.05) is 0 Å². The predicted octanol–water partition coefficient (Wildman–Crippen LogP) is 2.49. The molecule has 0 aromatic carbocycles. The summed E-state index contributed by atoms with van der Waals surface area (Å²) in [5, 5.41) is 7.05. The molecule has 0 atom stereocenters. The molecule has 1 aliphatic rings. The van der Waals surface area contributed by atoms with Crippen LogP contribution in [0.4, 0.5) is 5.00 Å². The monoisotopic (exact) mass is 449 g/mol. The van der Waals surface area contributed by atoms with Crippen molar-refractivity contribution in [2.45, 2.75) is 25.6 Å². The van der Waals surface area contributed by atoms with Gasteiger partial charge in [0.1, 0.15) is 10.8 Å². The van der Waals surface area contributed by atoms with E-state index in [-0.39, 0.29) is 40.9 Å². The highest BCUT2D eigenvalue weighted by atomic mass is 32.2. The smallest absolute Gasteiger partial charge is 0.341 e. The molecule has 9 nitrogen and oxygen atoms in total. The second kappa shape index (κ2) is 8.07. The average molecular weight is 450 g/mol. The third-order valence-electron chi connectivity index (χ3n) is 4.57. The predicted molar refractivity (Wildman–Crippen MR) is 109 cm³/mol. The van der Waals surface area contributed by atoms with E-state index in [1.54, 1.807) is 36.1 Å². The molecule has 0 unspecified atom stereocenters. The van der Waals surface area contributed by atoms with Gasteiger partial charge in [-0.2, -0.15) is 5.10 Å². The highest BCUT2D eigenvalue weighted by Crippen LogP contribution is 2.38. The Bertz CT molecular complexity index is 1190. The van der Waals surface area contributed by atoms with E-state index in [2.05, 4.69) is 10.4 Å². The number of rotatable bonds is 6. The highest BCUT2D eigenvalue weighted by Gasteiger charge is 2.32. The minimum atomic E-state index is -3.22. The van der Waals surface area contributed by atoms with Crippen molar-refractivity contribution < 1.29 is 27.2 Å². The van der Waals surface area contributed by atoms with Crippen LogP contribution in [0.1, 0.15) is 44.0 Å². The second-order valence-electron chi connectivity index (χ2n) is 6.69. The maximum Gasteiger partial charge on any atom is 0.341 e. The average Bonchev–Trinajstić information content (AvgIpc) is 3.41. The van der Waals surface area contributed by atoms with Gasteiger partial charge < -0.3 is 14.5 Å². The van der Waals surface area contributed by atoms with E-state index in [0.717, 1.165) is 11.3 Å². The highest BCUT2D eigenvalue weighted by molar-refractivity contribution is 7.90. The van der Waals surface area contributed by atoms with Gasteiger partial charge in [0.25, 0.3) is 5.91 Å². The number of carbonyl (C=O) groups is 2. The third-order valence-corrected chi connectivity index (χ3v) is 7.46. The third kappa shape index (κ3) is 4.17. The van der Waals surface area contributed by atoms with Gasteiger partial charge in [0, 0.05) is 17.3 Å². The summed E-state index contributed by atoms with van der Waals surface area (Å²) in [7, 11) is -3.22. The zero-order chi connectivity index (χ0) is 21.3. The first-order valence-corrected chi connectivity index (χ1v) is 11.9. The molecule has 1 amide bonds. The molecule has 0 radical (unpaired) electrons. The Morgan fingerprint density at radius 1 is 1.37 bits per heavy atom. The lowest BCUT2D eigenvalue weighted by molar-refractivity contribution is 0.0527. The lowest BCUT2D eigenvalue weighted by Gasteiger charge is -2.13. The number of sulfone groups is 1. The zero-order valence-corrected chi connectivity index (χ0v) is 17.7. The first-order valence-electron chi connectivity index (χ1n) is 9.26. The molecule has 1 aliphatic heterocycles. The van der Waals surface area contributed by atoms with Gasteiger partial charge in [-0.1, -0.05) is 0 Å². The summed E-state index contributed by atoms with van der Waals surface area (Å²) in [5.74, 6) is -0.677. The van der Waals surface area contributed by atoms with Gasteiger partial charge in [0.05, 0.1) is 30.2 Å². The number of furan rings is 1. The Morgan fingerprint density at radius 2 is 2.20 bits per heavy atom. The number of ether oxygens (including phenoxy) is 1. The van der Waals surface area contributed by atoms with Gasteiger partial charge in [0.2, 0.25) is 0 Å². The van der Waals surface area contributed by atoms with Crippen LogP contribution in [0.2, 0.25) is 0 Å². The Hall–Kier alpha value is -2.92. The standard InChI is InChI=1S/C19H19N3O6S2/c1-2-27-19(24)16-13-6-9-30(25,26)11-15(13)29-18(16)21-17(23)14-5-4-12(28-14)10-22-8-3-7-20-22/h3-5,7-8H,2,6,9-11H2,1H3,(H,21,23). The van der Waals surface area contributed by atoms with Crippen LogP contribution < -0.4 is 5.32 Å². The zero-order valence-electron chi connectivity index (χ0n) is 16.1. The number of carbonyl (C=O) groups excluding carboxylic acids is 2. The number of aromatic nitrogens is 2. The fourth-order valence-corrected chi connectivity index (χ4v) is 6.27. The number of thiophene rings is 1. The normalized spacial score (nSPS) is 14.8. The number of anilines is 1. The molecule has 4 heterocycles. The first-order chi connectivity index (χ1) is 14.4. The van der Waals surface area contributed by atoms with E-state index in [0.29, 0.717) is 22.7 Å². The summed E-state index contributed by atoms with van der Waals surface area (Å²) >= 11 is 1.08. The molecule has 1 N–H and O–H groups in total. The Labute approximate surface area is 176 Å². The molecular formula is C19H19N3O6S2. The number of amides is 1. The first kappa shape index (κ1) is 20.4. The summed E-state index contributed by atoms with van der Waals surface area (Å²) in [5.41, 5.74) is 0.853. The molecule has 0 saturated heterocycles. The van der Waals surface area contributed by atoms with Crippen molar-refractivity contribution in [3.63, 3.8) is 0 Å².